The third kappa shape index (κ3) is 4.24. The van der Waals surface area contributed by atoms with Gasteiger partial charge in [0.25, 0.3) is 0 Å². The first-order valence-corrected chi connectivity index (χ1v) is 9.88. The van der Waals surface area contributed by atoms with Crippen LogP contribution in [0.1, 0.15) is 5.56 Å². The number of aryl methyl sites for hydroxylation is 1. The van der Waals surface area contributed by atoms with Gasteiger partial charge in [-0.3, -0.25) is 20.0 Å². The number of carbonyl (C=O) groups excluding carboxylic acids is 2. The van der Waals surface area contributed by atoms with Gasteiger partial charge in [-0.15, -0.1) is 0 Å². The number of piperazine rings is 1. The van der Waals surface area contributed by atoms with E-state index in [1.165, 1.54) is 4.31 Å². The number of urea groups is 1. The Kier molecular flexibility index (Phi) is 5.40. The van der Waals surface area contributed by atoms with E-state index in [9.17, 15) is 18.0 Å². The lowest BCUT2D eigenvalue weighted by Gasteiger charge is -2.33. The van der Waals surface area contributed by atoms with Crippen molar-refractivity contribution in [1.82, 2.24) is 19.5 Å². The Morgan fingerprint density at radius 3 is 2.59 bits per heavy atom. The van der Waals surface area contributed by atoms with Crippen LogP contribution in [0.4, 0.5) is 4.79 Å². The number of primary amides is 1. The molecule has 9 nitrogen and oxygen atoms in total. The number of nitrogens with zero attached hydrogens (tertiary/aromatic N) is 3. The Bertz CT molecular complexity index is 984. The molecule has 0 saturated carbocycles. The molecule has 1 aliphatic heterocycles. The third-order valence-corrected chi connectivity index (χ3v) is 6.32. The quantitative estimate of drug-likeness (QED) is 0.758. The van der Waals surface area contributed by atoms with Crippen LogP contribution in [0.15, 0.2) is 35.4 Å². The van der Waals surface area contributed by atoms with Crippen molar-refractivity contribution in [3.63, 3.8) is 0 Å². The molecule has 2 heterocycles. The minimum atomic E-state index is -3.70. The lowest BCUT2D eigenvalue weighted by molar-refractivity contribution is -0.121. The standard InChI is InChI=1S/C17H21N5O4S/c1-12-9-13-3-2-4-14(16(13)19-10-12)27(25,26)22-7-5-21(6-8-22)11-15(23)20-17(18)24/h2-4,9-10H,5-8,11H2,1H3,(H3,18,20,23,24). The summed E-state index contributed by atoms with van der Waals surface area (Å²) in [5.41, 5.74) is 6.32. The molecule has 1 aromatic carbocycles. The summed E-state index contributed by atoms with van der Waals surface area (Å²) in [6.07, 6.45) is 1.65. The molecule has 144 valence electrons. The summed E-state index contributed by atoms with van der Waals surface area (Å²) < 4.78 is 27.6. The molecule has 2 aromatic rings. The third-order valence-electron chi connectivity index (χ3n) is 4.39. The van der Waals surface area contributed by atoms with Crippen molar-refractivity contribution in [2.75, 3.05) is 32.7 Å². The lowest BCUT2D eigenvalue weighted by Crippen LogP contribution is -2.51. The topological polar surface area (TPSA) is 126 Å². The number of pyridine rings is 1. The first-order chi connectivity index (χ1) is 12.8. The van der Waals surface area contributed by atoms with Gasteiger partial charge in [0.05, 0.1) is 12.1 Å². The van der Waals surface area contributed by atoms with E-state index in [0.717, 1.165) is 10.9 Å². The van der Waals surface area contributed by atoms with Crippen molar-refractivity contribution in [3.8, 4) is 0 Å². The molecule has 0 atom stereocenters. The fraction of sp³-hybridized carbons (Fsp3) is 0.353. The molecule has 27 heavy (non-hydrogen) atoms. The zero-order valence-electron chi connectivity index (χ0n) is 14.9. The zero-order chi connectivity index (χ0) is 19.6. The molecule has 1 saturated heterocycles. The smallest absolute Gasteiger partial charge is 0.318 e. The average Bonchev–Trinajstić information content (AvgIpc) is 2.60. The van der Waals surface area contributed by atoms with E-state index < -0.39 is 22.0 Å². The van der Waals surface area contributed by atoms with E-state index >= 15 is 0 Å². The number of amides is 3. The zero-order valence-corrected chi connectivity index (χ0v) is 15.7. The van der Waals surface area contributed by atoms with E-state index in [2.05, 4.69) is 4.98 Å². The molecular formula is C17H21N5O4S. The van der Waals surface area contributed by atoms with Crippen LogP contribution in [-0.4, -0.2) is 67.3 Å². The Labute approximate surface area is 157 Å². The Morgan fingerprint density at radius 2 is 1.93 bits per heavy atom. The van der Waals surface area contributed by atoms with Gasteiger partial charge >= 0.3 is 6.03 Å². The van der Waals surface area contributed by atoms with Crippen LogP contribution in [0.2, 0.25) is 0 Å². The van der Waals surface area contributed by atoms with Gasteiger partial charge in [0.2, 0.25) is 15.9 Å². The summed E-state index contributed by atoms with van der Waals surface area (Å²) in [4.78, 5) is 28.6. The summed E-state index contributed by atoms with van der Waals surface area (Å²) in [6.45, 7) is 3.14. The van der Waals surface area contributed by atoms with Gasteiger partial charge in [-0.05, 0) is 24.6 Å². The monoisotopic (exact) mass is 391 g/mol. The number of benzene rings is 1. The number of carbonyl (C=O) groups is 2. The van der Waals surface area contributed by atoms with Crippen LogP contribution >= 0.6 is 0 Å². The molecular weight excluding hydrogens is 370 g/mol. The van der Waals surface area contributed by atoms with Crippen LogP contribution in [0, 0.1) is 6.92 Å². The molecule has 0 aliphatic carbocycles. The second-order valence-electron chi connectivity index (χ2n) is 6.43. The van der Waals surface area contributed by atoms with Gasteiger partial charge in [0, 0.05) is 37.8 Å². The van der Waals surface area contributed by atoms with E-state index in [4.69, 9.17) is 5.73 Å². The molecule has 0 unspecified atom stereocenters. The Morgan fingerprint density at radius 1 is 1.22 bits per heavy atom. The first kappa shape index (κ1) is 19.2. The number of fused-ring (bicyclic) bond motifs is 1. The van der Waals surface area contributed by atoms with Crippen LogP contribution in [0.5, 0.6) is 0 Å². The van der Waals surface area contributed by atoms with Crippen molar-refractivity contribution < 1.29 is 18.0 Å². The van der Waals surface area contributed by atoms with Gasteiger partial charge < -0.3 is 5.73 Å². The van der Waals surface area contributed by atoms with E-state index in [1.54, 1.807) is 23.2 Å². The van der Waals surface area contributed by atoms with E-state index in [1.807, 2.05) is 24.4 Å². The van der Waals surface area contributed by atoms with Crippen molar-refractivity contribution in [2.24, 2.45) is 5.73 Å². The molecule has 3 N–H and O–H groups in total. The molecule has 0 spiro atoms. The van der Waals surface area contributed by atoms with Gasteiger partial charge in [0.1, 0.15) is 4.90 Å². The summed E-state index contributed by atoms with van der Waals surface area (Å²) in [7, 11) is -3.70. The van der Waals surface area contributed by atoms with Crippen LogP contribution in [0.3, 0.4) is 0 Å². The van der Waals surface area contributed by atoms with Crippen LogP contribution < -0.4 is 11.1 Å². The fourth-order valence-corrected chi connectivity index (χ4v) is 4.69. The first-order valence-electron chi connectivity index (χ1n) is 8.44. The highest BCUT2D eigenvalue weighted by Gasteiger charge is 2.30. The van der Waals surface area contributed by atoms with E-state index in [-0.39, 0.29) is 24.5 Å². The largest absolute Gasteiger partial charge is 0.351 e. The number of hydrogen-bond donors (Lipinski definition) is 2. The maximum Gasteiger partial charge on any atom is 0.318 e. The number of sulfonamides is 1. The van der Waals surface area contributed by atoms with Crippen molar-refractivity contribution >= 4 is 32.9 Å². The lowest BCUT2D eigenvalue weighted by atomic mass is 10.2. The average molecular weight is 391 g/mol. The van der Waals surface area contributed by atoms with Gasteiger partial charge in [-0.25, -0.2) is 13.2 Å². The van der Waals surface area contributed by atoms with Gasteiger partial charge in [-0.2, -0.15) is 4.31 Å². The number of imide groups is 1. The normalized spacial score (nSPS) is 16.3. The molecule has 0 bridgehead atoms. The van der Waals surface area contributed by atoms with Gasteiger partial charge in [0.15, 0.2) is 0 Å². The number of hydrogen-bond acceptors (Lipinski definition) is 6. The summed E-state index contributed by atoms with van der Waals surface area (Å²) >= 11 is 0. The second-order valence-corrected chi connectivity index (χ2v) is 8.34. The predicted octanol–water partition coefficient (Wildman–Crippen LogP) is 0.0444. The molecule has 1 aliphatic rings. The van der Waals surface area contributed by atoms with Crippen molar-refractivity contribution in [2.45, 2.75) is 11.8 Å². The number of nitrogens with two attached hydrogens (primary N) is 1. The van der Waals surface area contributed by atoms with E-state index in [0.29, 0.717) is 18.6 Å². The van der Waals surface area contributed by atoms with Gasteiger partial charge in [-0.1, -0.05) is 12.1 Å². The number of para-hydroxylation sites is 1. The molecule has 0 radical (unpaired) electrons. The highest BCUT2D eigenvalue weighted by Crippen LogP contribution is 2.25. The predicted molar refractivity (Wildman–Crippen MR) is 99.4 cm³/mol. The minimum Gasteiger partial charge on any atom is -0.351 e. The number of nitrogens with one attached hydrogen (secondary N) is 1. The Hall–Kier alpha value is -2.56. The maximum atomic E-state index is 13.1. The molecule has 3 amide bonds. The maximum absolute atomic E-state index is 13.1. The minimum absolute atomic E-state index is 0.00801. The highest BCUT2D eigenvalue weighted by atomic mass is 32.2. The van der Waals surface area contributed by atoms with Crippen molar-refractivity contribution in [3.05, 3.63) is 36.0 Å². The number of aromatic nitrogens is 1. The molecule has 10 heteroatoms. The molecule has 1 aromatic heterocycles. The fourth-order valence-electron chi connectivity index (χ4n) is 3.10. The summed E-state index contributed by atoms with van der Waals surface area (Å²) in [5.74, 6) is -0.507. The number of rotatable bonds is 4. The van der Waals surface area contributed by atoms with Crippen LogP contribution in [-0.2, 0) is 14.8 Å². The second kappa shape index (κ2) is 7.59. The summed E-state index contributed by atoms with van der Waals surface area (Å²) in [5, 5.41) is 2.78. The van der Waals surface area contributed by atoms with Crippen molar-refractivity contribution in [1.29, 1.82) is 0 Å². The van der Waals surface area contributed by atoms with Crippen LogP contribution in [0.25, 0.3) is 10.9 Å². The Balaban J connectivity index is 1.74. The highest BCUT2D eigenvalue weighted by molar-refractivity contribution is 7.89. The SMILES string of the molecule is Cc1cnc2c(S(=O)(=O)N3CCN(CC(=O)NC(N)=O)CC3)cccc2c1. The summed E-state index contributed by atoms with van der Waals surface area (Å²) in [6, 6.07) is 6.10. The molecule has 3 rings (SSSR count). The molecule has 1 fully saturated rings.